The van der Waals surface area contributed by atoms with Crippen molar-refractivity contribution in [2.24, 2.45) is 0 Å². The van der Waals surface area contributed by atoms with E-state index in [4.69, 9.17) is 0 Å². The number of hydrogen-bond acceptors (Lipinski definition) is 4. The van der Waals surface area contributed by atoms with Crippen LogP contribution in [0.3, 0.4) is 0 Å². The fraction of sp³-hybridized carbons (Fsp3) is 0.978. The van der Waals surface area contributed by atoms with E-state index in [1.165, 1.54) is 205 Å². The molecule has 5 nitrogen and oxygen atoms in total. The fourth-order valence-corrected chi connectivity index (χ4v) is 7.58. The van der Waals surface area contributed by atoms with Crippen LogP contribution in [0.15, 0.2) is 0 Å². The molecule has 4 N–H and O–H groups in total. The van der Waals surface area contributed by atoms with Crippen LogP contribution in [0.2, 0.25) is 0 Å². The van der Waals surface area contributed by atoms with Crippen molar-refractivity contribution in [3.8, 4) is 0 Å². The van der Waals surface area contributed by atoms with Gasteiger partial charge < -0.3 is 20.6 Å². The molecule has 0 aromatic carbocycles. The minimum absolute atomic E-state index is 0.139. The van der Waals surface area contributed by atoms with Crippen LogP contribution in [-0.4, -0.2) is 46.1 Å². The third-order valence-electron chi connectivity index (χ3n) is 11.2. The second-order valence-electron chi connectivity index (χ2n) is 16.3. The molecule has 51 heavy (non-hydrogen) atoms. The summed E-state index contributed by atoms with van der Waals surface area (Å²) in [6, 6.07) is -0.802. The molecule has 0 aliphatic rings. The number of aliphatic hydroxyl groups excluding tert-OH is 3. The van der Waals surface area contributed by atoms with Crippen molar-refractivity contribution < 1.29 is 20.1 Å². The molecule has 0 rings (SSSR count). The van der Waals surface area contributed by atoms with Gasteiger partial charge in [0.1, 0.15) is 6.10 Å². The van der Waals surface area contributed by atoms with E-state index in [-0.39, 0.29) is 12.5 Å². The van der Waals surface area contributed by atoms with Crippen molar-refractivity contribution in [3.63, 3.8) is 0 Å². The summed E-state index contributed by atoms with van der Waals surface area (Å²) in [5.41, 5.74) is 0. The quantitative estimate of drug-likeness (QED) is 0.0472. The van der Waals surface area contributed by atoms with E-state index in [2.05, 4.69) is 19.2 Å². The summed E-state index contributed by atoms with van der Waals surface area (Å²) in [7, 11) is 0. The van der Waals surface area contributed by atoms with Gasteiger partial charge in [-0.3, -0.25) is 4.79 Å². The number of carbonyl (C=O) groups excluding carboxylic acids is 1. The Balaban J connectivity index is 3.56. The molecular formula is C46H93NO4. The molecule has 0 aromatic heterocycles. The van der Waals surface area contributed by atoms with Gasteiger partial charge in [-0.05, 0) is 12.8 Å². The molecule has 0 radical (unpaired) electrons. The van der Waals surface area contributed by atoms with Crippen LogP contribution in [-0.2, 0) is 4.79 Å². The second-order valence-corrected chi connectivity index (χ2v) is 16.3. The Bertz CT molecular complexity index is 674. The molecule has 3 unspecified atom stereocenters. The number of amides is 1. The van der Waals surface area contributed by atoms with Gasteiger partial charge in [-0.15, -0.1) is 0 Å². The van der Waals surface area contributed by atoms with Crippen LogP contribution in [0.1, 0.15) is 264 Å². The molecule has 0 aromatic rings. The number of hydrogen-bond donors (Lipinski definition) is 4. The molecule has 3 atom stereocenters. The number of aliphatic hydroxyl groups is 3. The standard InChI is InChI=1S/C46H93NO4/c1-3-5-7-9-11-13-15-17-19-21-22-23-24-25-26-28-30-32-34-36-38-40-44(49)46(51)43(42-48)47-45(50)41-39-37-35-33-31-29-27-20-18-16-14-12-10-8-6-4-2/h43-44,46,48-49,51H,3-42H2,1-2H3,(H,47,50). The summed E-state index contributed by atoms with van der Waals surface area (Å²) in [5.74, 6) is -0.139. The van der Waals surface area contributed by atoms with Crippen LogP contribution in [0.5, 0.6) is 0 Å². The zero-order valence-electron chi connectivity index (χ0n) is 34.8. The Morgan fingerprint density at radius 1 is 0.412 bits per heavy atom. The maximum atomic E-state index is 12.4. The van der Waals surface area contributed by atoms with E-state index in [1.54, 1.807) is 0 Å². The first-order valence-electron chi connectivity index (χ1n) is 23.3. The monoisotopic (exact) mass is 724 g/mol. The van der Waals surface area contributed by atoms with E-state index in [0.29, 0.717) is 12.8 Å². The third-order valence-corrected chi connectivity index (χ3v) is 11.2. The zero-order chi connectivity index (χ0) is 37.3. The number of rotatable bonds is 43. The highest BCUT2D eigenvalue weighted by molar-refractivity contribution is 5.76. The van der Waals surface area contributed by atoms with Gasteiger partial charge in [0.25, 0.3) is 0 Å². The smallest absolute Gasteiger partial charge is 0.220 e. The lowest BCUT2D eigenvalue weighted by Gasteiger charge is -2.26. The van der Waals surface area contributed by atoms with Crippen molar-refractivity contribution >= 4 is 5.91 Å². The van der Waals surface area contributed by atoms with Crippen LogP contribution in [0.25, 0.3) is 0 Å². The Kier molecular flexibility index (Phi) is 41.6. The molecule has 0 bridgehead atoms. The average Bonchev–Trinajstić information content (AvgIpc) is 3.13. The Morgan fingerprint density at radius 3 is 0.941 bits per heavy atom. The molecule has 1 amide bonds. The van der Waals surface area contributed by atoms with E-state index in [0.717, 1.165) is 32.1 Å². The van der Waals surface area contributed by atoms with Crippen LogP contribution < -0.4 is 5.32 Å². The first-order chi connectivity index (χ1) is 25.1. The molecule has 0 heterocycles. The summed E-state index contributed by atoms with van der Waals surface area (Å²) in [4.78, 5) is 12.4. The van der Waals surface area contributed by atoms with Gasteiger partial charge in [-0.2, -0.15) is 0 Å². The lowest BCUT2D eigenvalue weighted by atomic mass is 9.99. The predicted molar refractivity (Wildman–Crippen MR) is 222 cm³/mol. The molecule has 5 heteroatoms. The highest BCUT2D eigenvalue weighted by Gasteiger charge is 2.26. The van der Waals surface area contributed by atoms with Crippen molar-refractivity contribution in [1.29, 1.82) is 0 Å². The summed E-state index contributed by atoms with van der Waals surface area (Å²) in [6.07, 6.45) is 47.9. The fourth-order valence-electron chi connectivity index (χ4n) is 7.58. The summed E-state index contributed by atoms with van der Waals surface area (Å²) in [5, 5.41) is 33.6. The van der Waals surface area contributed by atoms with Gasteiger partial charge in [-0.1, -0.05) is 245 Å². The maximum Gasteiger partial charge on any atom is 0.220 e. The topological polar surface area (TPSA) is 89.8 Å². The van der Waals surface area contributed by atoms with Gasteiger partial charge in [0, 0.05) is 6.42 Å². The van der Waals surface area contributed by atoms with Crippen LogP contribution >= 0.6 is 0 Å². The minimum Gasteiger partial charge on any atom is -0.394 e. The normalized spacial score (nSPS) is 13.4. The van der Waals surface area contributed by atoms with Crippen molar-refractivity contribution in [2.75, 3.05) is 6.61 Å². The molecule has 0 fully saturated rings. The molecular weight excluding hydrogens is 631 g/mol. The SMILES string of the molecule is CCCCCCCCCCCCCCCCCCCCCCCC(O)C(O)C(CO)NC(=O)CCCCCCCCCCCCCCCCCC. The number of unbranched alkanes of at least 4 members (excludes halogenated alkanes) is 35. The van der Waals surface area contributed by atoms with Crippen molar-refractivity contribution in [3.05, 3.63) is 0 Å². The third kappa shape index (κ3) is 37.5. The molecule has 0 saturated heterocycles. The number of carbonyl (C=O) groups is 1. The Morgan fingerprint density at radius 2 is 0.667 bits per heavy atom. The zero-order valence-corrected chi connectivity index (χ0v) is 34.8. The molecule has 0 aliphatic carbocycles. The van der Waals surface area contributed by atoms with Crippen LogP contribution in [0.4, 0.5) is 0 Å². The highest BCUT2D eigenvalue weighted by atomic mass is 16.3. The van der Waals surface area contributed by atoms with E-state index in [9.17, 15) is 20.1 Å². The van der Waals surface area contributed by atoms with Gasteiger partial charge in [0.2, 0.25) is 5.91 Å². The summed E-state index contributed by atoms with van der Waals surface area (Å²) < 4.78 is 0. The van der Waals surface area contributed by atoms with Gasteiger partial charge in [0.15, 0.2) is 0 Å². The summed E-state index contributed by atoms with van der Waals surface area (Å²) >= 11 is 0. The first-order valence-corrected chi connectivity index (χ1v) is 23.3. The van der Waals surface area contributed by atoms with Gasteiger partial charge in [-0.25, -0.2) is 0 Å². The second kappa shape index (κ2) is 42.1. The maximum absolute atomic E-state index is 12.4. The largest absolute Gasteiger partial charge is 0.394 e. The first kappa shape index (κ1) is 50.4. The Hall–Kier alpha value is -0.650. The molecule has 0 aliphatic heterocycles. The van der Waals surface area contributed by atoms with E-state index >= 15 is 0 Å². The van der Waals surface area contributed by atoms with Gasteiger partial charge in [0.05, 0.1) is 18.8 Å². The molecule has 0 saturated carbocycles. The summed E-state index contributed by atoms with van der Waals surface area (Å²) in [6.45, 7) is 4.21. The van der Waals surface area contributed by atoms with E-state index in [1.807, 2.05) is 0 Å². The predicted octanol–water partition coefficient (Wildman–Crippen LogP) is 13.4. The molecule has 0 spiro atoms. The highest BCUT2D eigenvalue weighted by Crippen LogP contribution is 2.17. The van der Waals surface area contributed by atoms with Crippen molar-refractivity contribution in [2.45, 2.75) is 283 Å². The Labute approximate surface area is 319 Å². The average molecular weight is 724 g/mol. The minimum atomic E-state index is -1.13. The molecule has 306 valence electrons. The lowest BCUT2D eigenvalue weighted by molar-refractivity contribution is -0.124. The van der Waals surface area contributed by atoms with Crippen LogP contribution in [0, 0.1) is 0 Å². The lowest BCUT2D eigenvalue weighted by Crippen LogP contribution is -2.50. The van der Waals surface area contributed by atoms with Gasteiger partial charge >= 0.3 is 0 Å². The van der Waals surface area contributed by atoms with Crippen molar-refractivity contribution in [1.82, 2.24) is 5.32 Å². The van der Waals surface area contributed by atoms with E-state index < -0.39 is 18.2 Å². The number of nitrogens with one attached hydrogen (secondary N) is 1.